The summed E-state index contributed by atoms with van der Waals surface area (Å²) < 4.78 is 14.8. The third kappa shape index (κ3) is 2.38. The van der Waals surface area contributed by atoms with Gasteiger partial charge in [0.1, 0.15) is 23.7 Å². The van der Waals surface area contributed by atoms with Crippen LogP contribution in [0.4, 0.5) is 10.1 Å². The minimum Gasteiger partial charge on any atom is -0.397 e. The number of nitrogens with two attached hydrogens (primary N) is 2. The molecule has 1 aromatic heterocycles. The SMILES string of the molecule is NNC(=O)Cn1c(-c2ccc(F)cc2)nc2c(N)cccc21. The summed E-state index contributed by atoms with van der Waals surface area (Å²) in [5.41, 5.74) is 10.5. The smallest absolute Gasteiger partial charge is 0.253 e. The molecule has 3 rings (SSSR count). The first kappa shape index (κ1) is 14.0. The maximum atomic E-state index is 13.1. The topological polar surface area (TPSA) is 99.0 Å². The predicted octanol–water partition coefficient (Wildman–Crippen LogP) is 1.41. The van der Waals surface area contributed by atoms with Gasteiger partial charge in [0.2, 0.25) is 0 Å². The number of imidazole rings is 1. The maximum absolute atomic E-state index is 13.1. The molecule has 0 saturated carbocycles. The van der Waals surface area contributed by atoms with Gasteiger partial charge < -0.3 is 10.3 Å². The van der Waals surface area contributed by atoms with Crippen LogP contribution < -0.4 is 17.0 Å². The highest BCUT2D eigenvalue weighted by molar-refractivity contribution is 5.91. The second-order valence-corrected chi connectivity index (χ2v) is 4.81. The van der Waals surface area contributed by atoms with Gasteiger partial charge in [0.15, 0.2) is 0 Å². The molecule has 0 spiro atoms. The van der Waals surface area contributed by atoms with Gasteiger partial charge >= 0.3 is 0 Å². The van der Waals surface area contributed by atoms with Crippen LogP contribution >= 0.6 is 0 Å². The lowest BCUT2D eigenvalue weighted by atomic mass is 10.2. The molecule has 0 aliphatic heterocycles. The average Bonchev–Trinajstić information content (AvgIpc) is 2.88. The number of carbonyl (C=O) groups excluding carboxylic acids is 1. The van der Waals surface area contributed by atoms with E-state index in [9.17, 15) is 9.18 Å². The number of benzene rings is 2. The number of aromatic nitrogens is 2. The number of carbonyl (C=O) groups is 1. The van der Waals surface area contributed by atoms with Gasteiger partial charge in [-0.2, -0.15) is 0 Å². The minimum atomic E-state index is -0.370. The van der Waals surface area contributed by atoms with Crippen LogP contribution in [0.1, 0.15) is 0 Å². The molecule has 7 heteroatoms. The van der Waals surface area contributed by atoms with Crippen LogP contribution in [0.15, 0.2) is 42.5 Å². The number of para-hydroxylation sites is 1. The lowest BCUT2D eigenvalue weighted by Gasteiger charge is -2.08. The van der Waals surface area contributed by atoms with Crippen LogP contribution in [0.3, 0.4) is 0 Å². The Hall–Kier alpha value is -2.93. The van der Waals surface area contributed by atoms with Gasteiger partial charge in [-0.15, -0.1) is 0 Å². The number of amides is 1. The zero-order valence-electron chi connectivity index (χ0n) is 11.6. The van der Waals surface area contributed by atoms with Crippen molar-refractivity contribution in [1.29, 1.82) is 0 Å². The van der Waals surface area contributed by atoms with Crippen molar-refractivity contribution in [1.82, 2.24) is 15.0 Å². The van der Waals surface area contributed by atoms with Gasteiger partial charge in [0.25, 0.3) is 5.91 Å². The Morgan fingerprint density at radius 2 is 1.95 bits per heavy atom. The fourth-order valence-electron chi connectivity index (χ4n) is 2.34. The number of hydrogen-bond acceptors (Lipinski definition) is 4. The van der Waals surface area contributed by atoms with Gasteiger partial charge in [-0.25, -0.2) is 15.2 Å². The van der Waals surface area contributed by atoms with Crippen LogP contribution in [0.5, 0.6) is 0 Å². The van der Waals surface area contributed by atoms with E-state index in [0.29, 0.717) is 28.1 Å². The number of hydrazine groups is 1. The summed E-state index contributed by atoms with van der Waals surface area (Å²) in [4.78, 5) is 16.2. The monoisotopic (exact) mass is 299 g/mol. The molecular formula is C15H14FN5O. The van der Waals surface area contributed by atoms with Crippen molar-refractivity contribution >= 4 is 22.6 Å². The van der Waals surface area contributed by atoms with E-state index in [-0.39, 0.29) is 18.3 Å². The summed E-state index contributed by atoms with van der Waals surface area (Å²) in [5, 5.41) is 0. The maximum Gasteiger partial charge on any atom is 0.253 e. The van der Waals surface area contributed by atoms with Crippen molar-refractivity contribution in [3.8, 4) is 11.4 Å². The predicted molar refractivity (Wildman–Crippen MR) is 81.9 cm³/mol. The summed E-state index contributed by atoms with van der Waals surface area (Å²) >= 11 is 0. The van der Waals surface area contributed by atoms with Crippen LogP contribution in [0, 0.1) is 5.82 Å². The number of nitrogens with one attached hydrogen (secondary N) is 1. The fourth-order valence-corrected chi connectivity index (χ4v) is 2.34. The molecule has 2 aromatic carbocycles. The fraction of sp³-hybridized carbons (Fsp3) is 0.0667. The first-order chi connectivity index (χ1) is 10.6. The van der Waals surface area contributed by atoms with E-state index in [1.165, 1.54) is 12.1 Å². The quantitative estimate of drug-likeness (QED) is 0.295. The summed E-state index contributed by atoms with van der Waals surface area (Å²) in [6, 6.07) is 11.2. The first-order valence-electron chi connectivity index (χ1n) is 6.60. The van der Waals surface area contributed by atoms with E-state index in [4.69, 9.17) is 11.6 Å². The van der Waals surface area contributed by atoms with Crippen LogP contribution in [-0.4, -0.2) is 15.5 Å². The zero-order valence-corrected chi connectivity index (χ0v) is 11.6. The summed E-state index contributed by atoms with van der Waals surface area (Å²) in [7, 11) is 0. The molecular weight excluding hydrogens is 285 g/mol. The third-order valence-corrected chi connectivity index (χ3v) is 3.38. The standard InChI is InChI=1S/C15H14FN5O/c16-10-6-4-9(5-7-10)15-19-14-11(17)2-1-3-12(14)21(15)8-13(22)20-18/h1-7H,8,17-18H2,(H,20,22). The van der Waals surface area contributed by atoms with Gasteiger partial charge in [0, 0.05) is 5.56 Å². The van der Waals surface area contributed by atoms with E-state index in [2.05, 4.69) is 10.4 Å². The number of rotatable bonds is 3. The number of anilines is 1. The molecule has 3 aromatic rings. The van der Waals surface area contributed by atoms with Crippen molar-refractivity contribution in [3.05, 3.63) is 48.3 Å². The van der Waals surface area contributed by atoms with Gasteiger partial charge in [-0.1, -0.05) is 6.07 Å². The van der Waals surface area contributed by atoms with Crippen molar-refractivity contribution in [2.75, 3.05) is 5.73 Å². The molecule has 0 saturated heterocycles. The van der Waals surface area contributed by atoms with Crippen molar-refractivity contribution in [2.24, 2.45) is 5.84 Å². The Bertz CT molecular complexity index is 841. The van der Waals surface area contributed by atoms with Gasteiger partial charge in [-0.05, 0) is 36.4 Å². The molecule has 1 amide bonds. The van der Waals surface area contributed by atoms with Crippen LogP contribution in [0.25, 0.3) is 22.4 Å². The third-order valence-electron chi connectivity index (χ3n) is 3.38. The van der Waals surface area contributed by atoms with Crippen LogP contribution in [0.2, 0.25) is 0 Å². The lowest BCUT2D eigenvalue weighted by molar-refractivity contribution is -0.121. The van der Waals surface area contributed by atoms with Crippen molar-refractivity contribution < 1.29 is 9.18 Å². The molecule has 22 heavy (non-hydrogen) atoms. The van der Waals surface area contributed by atoms with Gasteiger partial charge in [0.05, 0.1) is 11.2 Å². The number of nitrogens with zero attached hydrogens (tertiary/aromatic N) is 2. The Labute approximate surface area is 125 Å². The highest BCUT2D eigenvalue weighted by Crippen LogP contribution is 2.28. The summed E-state index contributed by atoms with van der Waals surface area (Å²) in [6.45, 7) is -0.0108. The van der Waals surface area contributed by atoms with E-state index in [0.717, 1.165) is 0 Å². The highest BCUT2D eigenvalue weighted by Gasteiger charge is 2.16. The lowest BCUT2D eigenvalue weighted by Crippen LogP contribution is -2.33. The Kier molecular flexibility index (Phi) is 3.48. The number of nitrogen functional groups attached to an aromatic ring is 1. The normalized spacial score (nSPS) is 10.8. The Morgan fingerprint density at radius 1 is 1.23 bits per heavy atom. The largest absolute Gasteiger partial charge is 0.397 e. The van der Waals surface area contributed by atoms with Crippen molar-refractivity contribution in [2.45, 2.75) is 6.54 Å². The summed E-state index contributed by atoms with van der Waals surface area (Å²) in [5.74, 6) is 4.98. The molecule has 0 atom stereocenters. The van der Waals surface area contributed by atoms with E-state index in [1.807, 2.05) is 6.07 Å². The Morgan fingerprint density at radius 3 is 2.64 bits per heavy atom. The second-order valence-electron chi connectivity index (χ2n) is 4.81. The molecule has 0 aliphatic carbocycles. The van der Waals surface area contributed by atoms with Gasteiger partial charge in [-0.3, -0.25) is 10.2 Å². The molecule has 0 radical (unpaired) electrons. The van der Waals surface area contributed by atoms with E-state index < -0.39 is 0 Å². The van der Waals surface area contributed by atoms with E-state index in [1.54, 1.807) is 28.8 Å². The Balaban J connectivity index is 2.23. The summed E-state index contributed by atoms with van der Waals surface area (Å²) in [6.07, 6.45) is 0. The number of hydrogen-bond donors (Lipinski definition) is 3. The average molecular weight is 299 g/mol. The molecule has 0 aliphatic rings. The molecule has 1 heterocycles. The second kappa shape index (κ2) is 5.45. The minimum absolute atomic E-state index is 0.0108. The van der Waals surface area contributed by atoms with Crippen LogP contribution in [-0.2, 0) is 11.3 Å². The molecule has 0 fully saturated rings. The highest BCUT2D eigenvalue weighted by atomic mass is 19.1. The first-order valence-corrected chi connectivity index (χ1v) is 6.60. The molecule has 6 nitrogen and oxygen atoms in total. The zero-order chi connectivity index (χ0) is 15.7. The van der Waals surface area contributed by atoms with E-state index >= 15 is 0 Å². The molecule has 5 N–H and O–H groups in total. The molecule has 0 unspecified atom stereocenters. The molecule has 0 bridgehead atoms. The van der Waals surface area contributed by atoms with Crippen molar-refractivity contribution in [3.63, 3.8) is 0 Å². The molecule has 112 valence electrons. The number of halogens is 1. The number of fused-ring (bicyclic) bond motifs is 1.